The molecule has 1 aromatic heterocycles. The number of ether oxygens (including phenoxy) is 3. The Kier molecular flexibility index (Phi) is 6.72. The lowest BCUT2D eigenvalue weighted by Crippen LogP contribution is -2.32. The van der Waals surface area contributed by atoms with Gasteiger partial charge < -0.3 is 28.4 Å². The smallest absolute Gasteiger partial charge is 0.290 e. The molecule has 0 bridgehead atoms. The first-order chi connectivity index (χ1) is 16.3. The molecule has 2 aromatic carbocycles. The van der Waals surface area contributed by atoms with Crippen molar-refractivity contribution in [3.05, 3.63) is 62.5 Å². The summed E-state index contributed by atoms with van der Waals surface area (Å²) in [5, 5.41) is 0.739. The Morgan fingerprint density at radius 1 is 1.03 bits per heavy atom. The minimum Gasteiger partial charge on any atom is -0.493 e. The second kappa shape index (κ2) is 9.56. The number of halogens is 1. The molecule has 9 heteroatoms. The molecule has 2 heterocycles. The van der Waals surface area contributed by atoms with Crippen LogP contribution in [0.15, 0.2) is 39.5 Å². The minimum atomic E-state index is -0.682. The molecule has 1 amide bonds. The zero-order valence-electron chi connectivity index (χ0n) is 19.8. The fourth-order valence-corrected chi connectivity index (χ4v) is 4.56. The zero-order chi connectivity index (χ0) is 24.6. The average molecular weight is 487 g/mol. The maximum atomic E-state index is 13.7. The van der Waals surface area contributed by atoms with Crippen molar-refractivity contribution in [2.45, 2.75) is 12.5 Å². The van der Waals surface area contributed by atoms with E-state index in [0.717, 1.165) is 6.54 Å². The lowest BCUT2D eigenvalue weighted by molar-refractivity contribution is 0.0722. The van der Waals surface area contributed by atoms with Crippen molar-refractivity contribution in [1.29, 1.82) is 0 Å². The summed E-state index contributed by atoms with van der Waals surface area (Å²) in [7, 11) is 8.51. The van der Waals surface area contributed by atoms with E-state index in [1.54, 1.807) is 35.2 Å². The first kappa shape index (κ1) is 23.9. The Labute approximate surface area is 202 Å². The van der Waals surface area contributed by atoms with Crippen molar-refractivity contribution in [3.63, 3.8) is 0 Å². The van der Waals surface area contributed by atoms with E-state index in [1.807, 2.05) is 19.0 Å². The molecular formula is C25H27ClN2O6. The van der Waals surface area contributed by atoms with Crippen LogP contribution in [0.3, 0.4) is 0 Å². The third-order valence-corrected chi connectivity index (χ3v) is 6.17. The third-order valence-electron chi connectivity index (χ3n) is 5.93. The van der Waals surface area contributed by atoms with E-state index in [0.29, 0.717) is 51.8 Å². The number of carbonyl (C=O) groups excluding carboxylic acids is 1. The molecule has 1 aliphatic rings. The van der Waals surface area contributed by atoms with E-state index in [4.69, 9.17) is 30.2 Å². The van der Waals surface area contributed by atoms with Gasteiger partial charge in [-0.15, -0.1) is 0 Å². The third kappa shape index (κ3) is 4.08. The molecule has 1 aliphatic heterocycles. The van der Waals surface area contributed by atoms with Gasteiger partial charge in [0.15, 0.2) is 16.9 Å². The second-order valence-electron chi connectivity index (χ2n) is 8.33. The standard InChI is InChI=1S/C25H27ClN2O6/c1-27(2)9-6-10-28-21(14-11-18(31-3)23(33-5)19(12-14)32-4)20-22(29)16-13-15(26)7-8-17(16)34-24(20)25(28)30/h7-8,11-13,21H,6,9-10H2,1-5H3. The van der Waals surface area contributed by atoms with Crippen LogP contribution >= 0.6 is 11.6 Å². The average Bonchev–Trinajstić information content (AvgIpc) is 3.10. The highest BCUT2D eigenvalue weighted by atomic mass is 35.5. The molecule has 1 unspecified atom stereocenters. The Bertz CT molecular complexity index is 1280. The summed E-state index contributed by atoms with van der Waals surface area (Å²) in [4.78, 5) is 30.9. The number of rotatable bonds is 8. The highest BCUT2D eigenvalue weighted by molar-refractivity contribution is 6.31. The molecule has 0 aliphatic carbocycles. The molecule has 1 atom stereocenters. The lowest BCUT2D eigenvalue weighted by Gasteiger charge is -2.27. The number of carbonyl (C=O) groups is 1. The molecule has 0 spiro atoms. The number of benzene rings is 2. The summed E-state index contributed by atoms with van der Waals surface area (Å²) < 4.78 is 22.5. The van der Waals surface area contributed by atoms with Crippen molar-refractivity contribution < 1.29 is 23.4 Å². The van der Waals surface area contributed by atoms with Crippen LogP contribution in [0.25, 0.3) is 11.0 Å². The van der Waals surface area contributed by atoms with Gasteiger partial charge >= 0.3 is 0 Å². The first-order valence-electron chi connectivity index (χ1n) is 10.8. The van der Waals surface area contributed by atoms with Crippen LogP contribution in [-0.4, -0.2) is 64.2 Å². The van der Waals surface area contributed by atoms with Crippen LogP contribution in [0.1, 0.15) is 34.1 Å². The van der Waals surface area contributed by atoms with Gasteiger partial charge in [-0.05, 0) is 63.0 Å². The van der Waals surface area contributed by atoms with Gasteiger partial charge in [-0.25, -0.2) is 0 Å². The number of fused-ring (bicyclic) bond motifs is 2. The lowest BCUT2D eigenvalue weighted by atomic mass is 9.97. The highest BCUT2D eigenvalue weighted by Gasteiger charge is 2.43. The molecule has 4 rings (SSSR count). The van der Waals surface area contributed by atoms with Gasteiger partial charge in [0.2, 0.25) is 11.5 Å². The maximum absolute atomic E-state index is 13.7. The van der Waals surface area contributed by atoms with Gasteiger partial charge in [-0.3, -0.25) is 9.59 Å². The monoisotopic (exact) mass is 486 g/mol. The predicted octanol–water partition coefficient (Wildman–Crippen LogP) is 3.97. The van der Waals surface area contributed by atoms with Gasteiger partial charge in [0.25, 0.3) is 5.91 Å². The number of hydrogen-bond acceptors (Lipinski definition) is 7. The van der Waals surface area contributed by atoms with Crippen molar-refractivity contribution in [2.75, 3.05) is 48.5 Å². The molecular weight excluding hydrogens is 460 g/mol. The number of hydrogen-bond donors (Lipinski definition) is 0. The van der Waals surface area contributed by atoms with Gasteiger partial charge in [-0.1, -0.05) is 11.6 Å². The van der Waals surface area contributed by atoms with Crippen molar-refractivity contribution in [3.8, 4) is 17.2 Å². The van der Waals surface area contributed by atoms with Crippen LogP contribution in [0.2, 0.25) is 5.02 Å². The number of methoxy groups -OCH3 is 3. The summed E-state index contributed by atoms with van der Waals surface area (Å²) in [6.07, 6.45) is 0.715. The van der Waals surface area contributed by atoms with Crippen LogP contribution in [0, 0.1) is 0 Å². The molecule has 0 saturated carbocycles. The Hall–Kier alpha value is -3.23. The summed E-state index contributed by atoms with van der Waals surface area (Å²) in [5.41, 5.74) is 0.959. The topological polar surface area (TPSA) is 81.5 Å². The molecule has 0 radical (unpaired) electrons. The van der Waals surface area contributed by atoms with E-state index >= 15 is 0 Å². The summed E-state index contributed by atoms with van der Waals surface area (Å²) in [6, 6.07) is 7.64. The number of amides is 1. The predicted molar refractivity (Wildman–Crippen MR) is 130 cm³/mol. The Balaban J connectivity index is 1.95. The summed E-state index contributed by atoms with van der Waals surface area (Å²) in [5.74, 6) is 0.998. The fourth-order valence-electron chi connectivity index (χ4n) is 4.39. The van der Waals surface area contributed by atoms with Crippen LogP contribution in [-0.2, 0) is 0 Å². The van der Waals surface area contributed by atoms with Crippen molar-refractivity contribution >= 4 is 28.5 Å². The second-order valence-corrected chi connectivity index (χ2v) is 8.77. The quantitative estimate of drug-likeness (QED) is 0.476. The number of nitrogens with zero attached hydrogens (tertiary/aromatic N) is 2. The van der Waals surface area contributed by atoms with Gasteiger partial charge in [0, 0.05) is 11.6 Å². The molecule has 0 N–H and O–H groups in total. The van der Waals surface area contributed by atoms with Crippen LogP contribution in [0.4, 0.5) is 0 Å². The maximum Gasteiger partial charge on any atom is 0.290 e. The van der Waals surface area contributed by atoms with Crippen LogP contribution < -0.4 is 19.6 Å². The Morgan fingerprint density at radius 2 is 1.71 bits per heavy atom. The van der Waals surface area contributed by atoms with Gasteiger partial charge in [0.1, 0.15) is 5.58 Å². The SMILES string of the molecule is COc1cc(C2c3c(oc4ccc(Cl)cc4c3=O)C(=O)N2CCCN(C)C)cc(OC)c1OC. The van der Waals surface area contributed by atoms with E-state index in [-0.39, 0.29) is 22.7 Å². The molecule has 0 saturated heterocycles. The molecule has 34 heavy (non-hydrogen) atoms. The van der Waals surface area contributed by atoms with Crippen LogP contribution in [0.5, 0.6) is 17.2 Å². The first-order valence-corrected chi connectivity index (χ1v) is 11.2. The minimum absolute atomic E-state index is 0.0448. The van der Waals surface area contributed by atoms with Gasteiger partial charge in [0.05, 0.1) is 38.3 Å². The van der Waals surface area contributed by atoms with E-state index in [9.17, 15) is 9.59 Å². The highest BCUT2D eigenvalue weighted by Crippen LogP contribution is 2.45. The molecule has 180 valence electrons. The fraction of sp³-hybridized carbons (Fsp3) is 0.360. The van der Waals surface area contributed by atoms with E-state index in [2.05, 4.69) is 0 Å². The summed E-state index contributed by atoms with van der Waals surface area (Å²) >= 11 is 6.15. The Morgan fingerprint density at radius 3 is 2.29 bits per heavy atom. The van der Waals surface area contributed by atoms with Crippen molar-refractivity contribution in [2.24, 2.45) is 0 Å². The normalized spacial score (nSPS) is 15.2. The molecule has 8 nitrogen and oxygen atoms in total. The van der Waals surface area contributed by atoms with Gasteiger partial charge in [-0.2, -0.15) is 0 Å². The molecule has 3 aromatic rings. The van der Waals surface area contributed by atoms with Crippen molar-refractivity contribution in [1.82, 2.24) is 9.80 Å². The van der Waals surface area contributed by atoms with E-state index in [1.165, 1.54) is 21.3 Å². The van der Waals surface area contributed by atoms with E-state index < -0.39 is 6.04 Å². The molecule has 0 fully saturated rings. The summed E-state index contributed by atoms with van der Waals surface area (Å²) in [6.45, 7) is 1.21. The zero-order valence-corrected chi connectivity index (χ0v) is 20.6. The largest absolute Gasteiger partial charge is 0.493 e.